The van der Waals surface area contributed by atoms with E-state index in [4.69, 9.17) is 4.74 Å². The number of carbonyl (C=O) groups excluding carboxylic acids is 3. The molecule has 1 aromatic carbocycles. The van der Waals surface area contributed by atoms with Gasteiger partial charge < -0.3 is 15.4 Å². The van der Waals surface area contributed by atoms with Crippen LogP contribution in [0.15, 0.2) is 29.5 Å². The Morgan fingerprint density at radius 3 is 2.71 bits per heavy atom. The van der Waals surface area contributed by atoms with Crippen molar-refractivity contribution in [2.45, 2.75) is 40.2 Å². The first-order valence-corrected chi connectivity index (χ1v) is 9.60. The van der Waals surface area contributed by atoms with Gasteiger partial charge in [-0.05, 0) is 42.9 Å². The van der Waals surface area contributed by atoms with Gasteiger partial charge in [0.2, 0.25) is 5.91 Å². The topological polar surface area (TPSA) is 87.7 Å². The van der Waals surface area contributed by atoms with Gasteiger partial charge in [-0.3, -0.25) is 9.69 Å². The lowest BCUT2D eigenvalue weighted by Gasteiger charge is -2.32. The standard InChI is InChI=1S/C21H27N3O4/c1-12(2)7-8-22-17(25)10-24-16-11-28-20(26)18(16)19(23-21(24)27)15-6-5-13(3)14(4)9-15/h5-6,9,12,19H,7-8,10-11H2,1-4H3,(H,22,25)(H,23,27)/t19-/m1/s1. The zero-order valence-electron chi connectivity index (χ0n) is 16.8. The predicted octanol–water partition coefficient (Wildman–Crippen LogP) is 2.34. The van der Waals surface area contributed by atoms with Crippen molar-refractivity contribution < 1.29 is 19.1 Å². The first-order chi connectivity index (χ1) is 13.3. The van der Waals surface area contributed by atoms with E-state index in [0.717, 1.165) is 23.1 Å². The number of nitrogens with zero attached hydrogens (tertiary/aromatic N) is 1. The van der Waals surface area contributed by atoms with Crippen LogP contribution < -0.4 is 10.6 Å². The van der Waals surface area contributed by atoms with E-state index >= 15 is 0 Å². The third kappa shape index (κ3) is 4.03. The van der Waals surface area contributed by atoms with Crippen molar-refractivity contribution in [3.05, 3.63) is 46.2 Å². The average molecular weight is 385 g/mol. The van der Waals surface area contributed by atoms with Crippen LogP contribution in [-0.4, -0.2) is 42.5 Å². The van der Waals surface area contributed by atoms with Crippen molar-refractivity contribution in [2.24, 2.45) is 5.92 Å². The highest BCUT2D eigenvalue weighted by Crippen LogP contribution is 2.35. The number of esters is 1. The maximum absolute atomic E-state index is 12.7. The van der Waals surface area contributed by atoms with Crippen LogP contribution in [0.1, 0.15) is 43.0 Å². The molecular weight excluding hydrogens is 358 g/mol. The molecule has 0 fully saturated rings. The molecule has 2 N–H and O–H groups in total. The fourth-order valence-electron chi connectivity index (χ4n) is 3.37. The summed E-state index contributed by atoms with van der Waals surface area (Å²) in [6.07, 6.45) is 0.863. The largest absolute Gasteiger partial charge is 0.456 e. The SMILES string of the molecule is Cc1ccc([C@H]2NC(=O)N(CC(=O)NCCC(C)C)C3=C2C(=O)OC3)cc1C. The number of nitrogens with one attached hydrogen (secondary N) is 2. The number of cyclic esters (lactones) is 1. The Labute approximate surface area is 165 Å². The number of hydrogen-bond donors (Lipinski definition) is 2. The van der Waals surface area contributed by atoms with Crippen LogP contribution >= 0.6 is 0 Å². The Balaban J connectivity index is 1.83. The first-order valence-electron chi connectivity index (χ1n) is 9.60. The first kappa shape index (κ1) is 19.9. The van der Waals surface area contributed by atoms with Gasteiger partial charge in [-0.2, -0.15) is 0 Å². The number of benzene rings is 1. The molecule has 7 nitrogen and oxygen atoms in total. The van der Waals surface area contributed by atoms with Crippen LogP contribution in [0.25, 0.3) is 0 Å². The Hall–Kier alpha value is -2.83. The molecular formula is C21H27N3O4. The van der Waals surface area contributed by atoms with E-state index < -0.39 is 18.0 Å². The highest BCUT2D eigenvalue weighted by molar-refractivity contribution is 5.98. The molecule has 2 aliphatic rings. The minimum atomic E-state index is -0.572. The fraction of sp³-hybridized carbons (Fsp3) is 0.476. The minimum Gasteiger partial charge on any atom is -0.456 e. The summed E-state index contributed by atoms with van der Waals surface area (Å²) in [5.41, 5.74) is 3.90. The molecule has 0 saturated heterocycles. The second-order valence-electron chi connectivity index (χ2n) is 7.78. The van der Waals surface area contributed by atoms with Gasteiger partial charge in [0.15, 0.2) is 0 Å². The molecule has 7 heteroatoms. The number of aryl methyl sites for hydroxylation is 2. The normalized spacial score (nSPS) is 18.9. The Bertz CT molecular complexity index is 844. The van der Waals surface area contributed by atoms with E-state index in [-0.39, 0.29) is 19.1 Å². The summed E-state index contributed by atoms with van der Waals surface area (Å²) in [6.45, 7) is 8.57. The maximum atomic E-state index is 12.7. The quantitative estimate of drug-likeness (QED) is 0.736. The fourth-order valence-corrected chi connectivity index (χ4v) is 3.37. The molecule has 2 aliphatic heterocycles. The number of urea groups is 1. The molecule has 0 spiro atoms. The van der Waals surface area contributed by atoms with E-state index in [0.29, 0.717) is 23.7 Å². The number of rotatable bonds is 6. The Morgan fingerprint density at radius 2 is 2.04 bits per heavy atom. The molecule has 0 radical (unpaired) electrons. The van der Waals surface area contributed by atoms with Gasteiger partial charge in [-0.1, -0.05) is 32.0 Å². The lowest BCUT2D eigenvalue weighted by molar-refractivity contribution is -0.136. The molecule has 28 heavy (non-hydrogen) atoms. The summed E-state index contributed by atoms with van der Waals surface area (Å²) in [4.78, 5) is 38.7. The van der Waals surface area contributed by atoms with Gasteiger partial charge in [0.1, 0.15) is 13.2 Å². The smallest absolute Gasteiger partial charge is 0.338 e. The predicted molar refractivity (Wildman–Crippen MR) is 104 cm³/mol. The monoisotopic (exact) mass is 385 g/mol. The van der Waals surface area contributed by atoms with E-state index in [2.05, 4.69) is 24.5 Å². The second-order valence-corrected chi connectivity index (χ2v) is 7.78. The van der Waals surface area contributed by atoms with Crippen molar-refractivity contribution in [1.29, 1.82) is 0 Å². The van der Waals surface area contributed by atoms with Crippen LogP contribution in [0.3, 0.4) is 0 Å². The van der Waals surface area contributed by atoms with Crippen LogP contribution in [0, 0.1) is 19.8 Å². The molecule has 0 aromatic heterocycles. The van der Waals surface area contributed by atoms with Gasteiger partial charge >= 0.3 is 12.0 Å². The zero-order chi connectivity index (χ0) is 20.4. The molecule has 0 saturated carbocycles. The Kier molecular flexibility index (Phi) is 5.72. The highest BCUT2D eigenvalue weighted by atomic mass is 16.5. The van der Waals surface area contributed by atoms with E-state index in [1.165, 1.54) is 4.90 Å². The molecule has 0 aliphatic carbocycles. The van der Waals surface area contributed by atoms with E-state index in [1.54, 1.807) is 0 Å². The van der Waals surface area contributed by atoms with Crippen LogP contribution in [-0.2, 0) is 14.3 Å². The van der Waals surface area contributed by atoms with Gasteiger partial charge in [0, 0.05) is 6.54 Å². The maximum Gasteiger partial charge on any atom is 0.338 e. The minimum absolute atomic E-state index is 0.00219. The van der Waals surface area contributed by atoms with Gasteiger partial charge in [0.25, 0.3) is 0 Å². The summed E-state index contributed by atoms with van der Waals surface area (Å²) in [7, 11) is 0. The molecule has 0 unspecified atom stereocenters. The van der Waals surface area contributed by atoms with Crippen molar-refractivity contribution in [1.82, 2.24) is 15.5 Å². The molecule has 0 bridgehead atoms. The number of carbonyl (C=O) groups is 3. The summed E-state index contributed by atoms with van der Waals surface area (Å²) < 4.78 is 5.20. The summed E-state index contributed by atoms with van der Waals surface area (Å²) in [5, 5.41) is 5.68. The van der Waals surface area contributed by atoms with Gasteiger partial charge in [-0.15, -0.1) is 0 Å². The molecule has 3 amide bonds. The summed E-state index contributed by atoms with van der Waals surface area (Å²) in [6, 6.07) is 4.85. The van der Waals surface area contributed by atoms with E-state index in [1.807, 2.05) is 32.0 Å². The van der Waals surface area contributed by atoms with Crippen molar-refractivity contribution >= 4 is 17.9 Å². The number of hydrogen-bond acceptors (Lipinski definition) is 4. The molecule has 1 aromatic rings. The molecule has 150 valence electrons. The summed E-state index contributed by atoms with van der Waals surface area (Å²) >= 11 is 0. The molecule has 3 rings (SSSR count). The van der Waals surface area contributed by atoms with Gasteiger partial charge in [-0.25, -0.2) is 9.59 Å². The van der Waals surface area contributed by atoms with Crippen molar-refractivity contribution in [3.8, 4) is 0 Å². The zero-order valence-corrected chi connectivity index (χ0v) is 16.8. The molecule has 1 atom stereocenters. The van der Waals surface area contributed by atoms with Crippen LogP contribution in [0.4, 0.5) is 4.79 Å². The lowest BCUT2D eigenvalue weighted by Crippen LogP contribution is -2.50. The summed E-state index contributed by atoms with van der Waals surface area (Å²) in [5.74, 6) is -0.234. The van der Waals surface area contributed by atoms with E-state index in [9.17, 15) is 14.4 Å². The molecule has 2 heterocycles. The second kappa shape index (κ2) is 8.04. The lowest BCUT2D eigenvalue weighted by atomic mass is 9.93. The number of amides is 3. The van der Waals surface area contributed by atoms with Crippen LogP contribution in [0.2, 0.25) is 0 Å². The van der Waals surface area contributed by atoms with Crippen LogP contribution in [0.5, 0.6) is 0 Å². The van der Waals surface area contributed by atoms with Gasteiger partial charge in [0.05, 0.1) is 17.3 Å². The van der Waals surface area contributed by atoms with Crippen molar-refractivity contribution in [3.63, 3.8) is 0 Å². The highest BCUT2D eigenvalue weighted by Gasteiger charge is 2.42. The third-order valence-electron chi connectivity index (χ3n) is 5.21. The van der Waals surface area contributed by atoms with Crippen molar-refractivity contribution in [2.75, 3.05) is 19.7 Å². The number of ether oxygens (including phenoxy) is 1. The average Bonchev–Trinajstić information content (AvgIpc) is 3.01. The Morgan fingerprint density at radius 1 is 1.29 bits per heavy atom. The third-order valence-corrected chi connectivity index (χ3v) is 5.21.